The fourth-order valence-corrected chi connectivity index (χ4v) is 3.28. The number of ether oxygens (including phenoxy) is 1. The summed E-state index contributed by atoms with van der Waals surface area (Å²) in [5.74, 6) is 1.12. The number of carbonyl (C=O) groups excluding carboxylic acids is 1. The van der Waals surface area contributed by atoms with E-state index in [1.165, 1.54) is 0 Å². The molecule has 1 aliphatic rings. The second kappa shape index (κ2) is 8.42. The predicted octanol–water partition coefficient (Wildman–Crippen LogP) is 2.74. The second-order valence-electron chi connectivity index (χ2n) is 6.97. The first kappa shape index (κ1) is 19.1. The van der Waals surface area contributed by atoms with Crippen LogP contribution in [0.25, 0.3) is 11.1 Å². The number of carbonyl (C=O) groups is 1. The minimum atomic E-state index is -0.469. The third-order valence-electron chi connectivity index (χ3n) is 4.84. The molecule has 0 N–H and O–H groups in total. The number of hydrogen-bond donors (Lipinski definition) is 0. The molecule has 0 unspecified atom stereocenters. The van der Waals surface area contributed by atoms with Gasteiger partial charge in [-0.25, -0.2) is 9.97 Å². The van der Waals surface area contributed by atoms with E-state index in [2.05, 4.69) is 29.7 Å². The van der Waals surface area contributed by atoms with Crippen molar-refractivity contribution in [2.24, 2.45) is 0 Å². The van der Waals surface area contributed by atoms with E-state index < -0.39 is 6.10 Å². The Labute approximate surface area is 168 Å². The van der Waals surface area contributed by atoms with E-state index in [0.29, 0.717) is 18.3 Å². The van der Waals surface area contributed by atoms with Crippen LogP contribution in [0.2, 0.25) is 0 Å². The topological polar surface area (TPSA) is 97.5 Å². The van der Waals surface area contributed by atoms with Crippen LogP contribution in [0.5, 0.6) is 0 Å². The maximum Gasteiger partial charge on any atom is 0.306 e. The van der Waals surface area contributed by atoms with Gasteiger partial charge in [-0.15, -0.1) is 0 Å². The number of pyridine rings is 1. The van der Waals surface area contributed by atoms with Crippen LogP contribution < -0.4 is 9.80 Å². The molecular formula is C20H24N6O3. The molecule has 0 spiro atoms. The number of nitrogens with zero attached hydrogens (tertiary/aromatic N) is 6. The summed E-state index contributed by atoms with van der Waals surface area (Å²) in [4.78, 5) is 33.5. The van der Waals surface area contributed by atoms with E-state index in [4.69, 9.17) is 9.15 Å². The largest absolute Gasteiger partial charge is 0.454 e. The van der Waals surface area contributed by atoms with E-state index in [1.54, 1.807) is 25.5 Å². The Hall–Kier alpha value is -3.23. The van der Waals surface area contributed by atoms with Gasteiger partial charge in [-0.2, -0.15) is 4.98 Å². The highest BCUT2D eigenvalue weighted by atomic mass is 16.5. The van der Waals surface area contributed by atoms with Gasteiger partial charge in [0.15, 0.2) is 17.5 Å². The highest BCUT2D eigenvalue weighted by Gasteiger charge is 2.23. The maximum absolute atomic E-state index is 11.7. The number of aromatic nitrogens is 4. The SMILES string of the molecule is CCCC(=O)O[C@H](C)c1nccc(N2CCN(c3nc4cnccc4o3)CC2)n1. The quantitative estimate of drug-likeness (QED) is 0.582. The lowest BCUT2D eigenvalue weighted by Crippen LogP contribution is -2.47. The standard InChI is InChI=1S/C20H24N6O3/c1-3-4-18(27)28-14(2)19-22-8-6-17(24-19)25-9-11-26(12-10-25)20-23-15-13-21-7-5-16(15)29-20/h5-8,13-14H,3-4,9-12H2,1-2H3/t14-/m1/s1. The van der Waals surface area contributed by atoms with Crippen molar-refractivity contribution in [2.75, 3.05) is 36.0 Å². The summed E-state index contributed by atoms with van der Waals surface area (Å²) in [7, 11) is 0. The Kier molecular flexibility index (Phi) is 5.55. The van der Waals surface area contributed by atoms with Crippen molar-refractivity contribution in [3.05, 3.63) is 36.5 Å². The zero-order chi connectivity index (χ0) is 20.2. The third kappa shape index (κ3) is 4.28. The lowest BCUT2D eigenvalue weighted by molar-refractivity contribution is -0.149. The van der Waals surface area contributed by atoms with Gasteiger partial charge in [0.2, 0.25) is 0 Å². The number of esters is 1. The molecule has 0 amide bonds. The molecule has 3 aromatic rings. The monoisotopic (exact) mass is 396 g/mol. The molecule has 4 heterocycles. The molecule has 1 atom stereocenters. The van der Waals surface area contributed by atoms with Gasteiger partial charge in [-0.05, 0) is 19.4 Å². The summed E-state index contributed by atoms with van der Waals surface area (Å²) in [5.41, 5.74) is 1.50. The Morgan fingerprint density at radius 1 is 1.17 bits per heavy atom. The summed E-state index contributed by atoms with van der Waals surface area (Å²) in [6.07, 6.45) is 5.80. The van der Waals surface area contributed by atoms with Gasteiger partial charge in [-0.3, -0.25) is 9.78 Å². The normalized spacial score (nSPS) is 15.5. The highest BCUT2D eigenvalue weighted by molar-refractivity contribution is 5.73. The van der Waals surface area contributed by atoms with Gasteiger partial charge >= 0.3 is 5.97 Å². The molecule has 29 heavy (non-hydrogen) atoms. The minimum Gasteiger partial charge on any atom is -0.454 e. The van der Waals surface area contributed by atoms with Gasteiger partial charge in [0.25, 0.3) is 6.01 Å². The molecule has 0 radical (unpaired) electrons. The fraction of sp³-hybridized carbons (Fsp3) is 0.450. The first-order chi connectivity index (χ1) is 14.1. The molecule has 1 saturated heterocycles. The van der Waals surface area contributed by atoms with Crippen LogP contribution in [0.1, 0.15) is 38.6 Å². The average molecular weight is 396 g/mol. The molecule has 9 heteroatoms. The van der Waals surface area contributed by atoms with Crippen LogP contribution in [0.15, 0.2) is 35.1 Å². The molecule has 0 saturated carbocycles. The van der Waals surface area contributed by atoms with Crippen molar-refractivity contribution < 1.29 is 13.9 Å². The first-order valence-electron chi connectivity index (χ1n) is 9.87. The molecule has 3 aromatic heterocycles. The number of piperazine rings is 1. The summed E-state index contributed by atoms with van der Waals surface area (Å²) >= 11 is 0. The zero-order valence-electron chi connectivity index (χ0n) is 16.6. The van der Waals surface area contributed by atoms with Crippen LogP contribution in [0.3, 0.4) is 0 Å². The minimum absolute atomic E-state index is 0.226. The fourth-order valence-electron chi connectivity index (χ4n) is 3.28. The Morgan fingerprint density at radius 3 is 2.72 bits per heavy atom. The third-order valence-corrected chi connectivity index (χ3v) is 4.84. The molecule has 1 fully saturated rings. The lowest BCUT2D eigenvalue weighted by Gasteiger charge is -2.34. The van der Waals surface area contributed by atoms with Crippen molar-refractivity contribution >= 4 is 28.9 Å². The zero-order valence-corrected chi connectivity index (χ0v) is 16.6. The first-order valence-corrected chi connectivity index (χ1v) is 9.87. The molecule has 9 nitrogen and oxygen atoms in total. The van der Waals surface area contributed by atoms with Crippen LogP contribution in [0, 0.1) is 0 Å². The van der Waals surface area contributed by atoms with Crippen LogP contribution in [-0.2, 0) is 9.53 Å². The van der Waals surface area contributed by atoms with Gasteiger partial charge in [0.05, 0.1) is 6.20 Å². The number of rotatable bonds is 6. The smallest absolute Gasteiger partial charge is 0.306 e. The van der Waals surface area contributed by atoms with Crippen molar-refractivity contribution in [3.8, 4) is 0 Å². The van der Waals surface area contributed by atoms with E-state index in [-0.39, 0.29) is 5.97 Å². The van der Waals surface area contributed by atoms with E-state index in [1.807, 2.05) is 19.1 Å². The number of oxazole rings is 1. The Balaban J connectivity index is 1.40. The van der Waals surface area contributed by atoms with Gasteiger partial charge in [0.1, 0.15) is 11.3 Å². The molecule has 0 aliphatic carbocycles. The molecule has 0 aromatic carbocycles. The summed E-state index contributed by atoms with van der Waals surface area (Å²) in [6, 6.07) is 4.32. The maximum atomic E-state index is 11.7. The summed E-state index contributed by atoms with van der Waals surface area (Å²) < 4.78 is 11.2. The molecule has 152 valence electrons. The van der Waals surface area contributed by atoms with Crippen LogP contribution >= 0.6 is 0 Å². The van der Waals surface area contributed by atoms with E-state index >= 15 is 0 Å². The van der Waals surface area contributed by atoms with Crippen LogP contribution in [0.4, 0.5) is 11.8 Å². The van der Waals surface area contributed by atoms with Crippen LogP contribution in [-0.4, -0.2) is 52.1 Å². The van der Waals surface area contributed by atoms with E-state index in [9.17, 15) is 4.79 Å². The predicted molar refractivity (Wildman–Crippen MR) is 108 cm³/mol. The van der Waals surface area contributed by atoms with Crippen molar-refractivity contribution in [2.45, 2.75) is 32.8 Å². The Bertz CT molecular complexity index is 950. The second-order valence-corrected chi connectivity index (χ2v) is 6.97. The molecule has 0 bridgehead atoms. The van der Waals surface area contributed by atoms with E-state index in [0.717, 1.165) is 49.5 Å². The average Bonchev–Trinajstić information content (AvgIpc) is 3.18. The van der Waals surface area contributed by atoms with Gasteiger partial charge < -0.3 is 19.0 Å². The molecule has 4 rings (SSSR count). The number of hydrogen-bond acceptors (Lipinski definition) is 9. The lowest BCUT2D eigenvalue weighted by atomic mass is 10.3. The van der Waals surface area contributed by atoms with Gasteiger partial charge in [0, 0.05) is 51.1 Å². The molecular weight excluding hydrogens is 372 g/mol. The summed E-state index contributed by atoms with van der Waals surface area (Å²) in [6.45, 7) is 6.82. The van der Waals surface area contributed by atoms with Crippen molar-refractivity contribution in [1.82, 2.24) is 19.9 Å². The van der Waals surface area contributed by atoms with Crippen molar-refractivity contribution in [1.29, 1.82) is 0 Å². The van der Waals surface area contributed by atoms with Gasteiger partial charge in [-0.1, -0.05) is 6.92 Å². The molecule has 1 aliphatic heterocycles. The van der Waals surface area contributed by atoms with Crippen molar-refractivity contribution in [3.63, 3.8) is 0 Å². The number of fused-ring (bicyclic) bond motifs is 1. The Morgan fingerprint density at radius 2 is 1.97 bits per heavy atom. The highest BCUT2D eigenvalue weighted by Crippen LogP contribution is 2.24. The summed E-state index contributed by atoms with van der Waals surface area (Å²) in [5, 5.41) is 0. The number of anilines is 2.